The summed E-state index contributed by atoms with van der Waals surface area (Å²) in [6.07, 6.45) is 7.34. The number of aromatic nitrogens is 2. The van der Waals surface area contributed by atoms with Gasteiger partial charge in [0.1, 0.15) is 0 Å². The minimum Gasteiger partial charge on any atom is -0.396 e. The van der Waals surface area contributed by atoms with E-state index in [4.69, 9.17) is 5.11 Å². The topological polar surface area (TPSA) is 49.2 Å². The summed E-state index contributed by atoms with van der Waals surface area (Å²) in [4.78, 5) is 2.29. The highest BCUT2D eigenvalue weighted by molar-refractivity contribution is 5.38. The first kappa shape index (κ1) is 12.9. The number of hydrogen-bond acceptors (Lipinski definition) is 4. The standard InChI is InChI=1S/C15H23N3O/c19-11-12-7-9-18(10-8-12)15-6-5-14(16-17-15)13-3-1-2-4-13/h5-6,12-13,19H,1-4,7-11H2. The summed E-state index contributed by atoms with van der Waals surface area (Å²) in [7, 11) is 0. The van der Waals surface area contributed by atoms with Crippen molar-refractivity contribution in [2.45, 2.75) is 44.4 Å². The van der Waals surface area contributed by atoms with Crippen LogP contribution in [0.1, 0.15) is 50.1 Å². The first-order valence-corrected chi connectivity index (χ1v) is 7.56. The van der Waals surface area contributed by atoms with Crippen LogP contribution in [0.3, 0.4) is 0 Å². The Morgan fingerprint density at radius 3 is 2.37 bits per heavy atom. The Kier molecular flexibility index (Phi) is 3.97. The molecule has 1 saturated heterocycles. The second-order valence-corrected chi connectivity index (χ2v) is 5.91. The van der Waals surface area contributed by atoms with Crippen LogP contribution in [0.2, 0.25) is 0 Å². The predicted molar refractivity (Wildman–Crippen MR) is 75.3 cm³/mol. The summed E-state index contributed by atoms with van der Waals surface area (Å²) in [5.74, 6) is 2.11. The first-order valence-electron chi connectivity index (χ1n) is 7.56. The molecule has 0 unspecified atom stereocenters. The quantitative estimate of drug-likeness (QED) is 0.907. The van der Waals surface area contributed by atoms with Crippen LogP contribution in [0.15, 0.2) is 12.1 Å². The normalized spacial score (nSPS) is 22.1. The molecule has 1 aromatic heterocycles. The molecule has 1 saturated carbocycles. The van der Waals surface area contributed by atoms with Gasteiger partial charge in [0, 0.05) is 25.6 Å². The number of nitrogens with zero attached hydrogens (tertiary/aromatic N) is 3. The van der Waals surface area contributed by atoms with Crippen LogP contribution in [-0.2, 0) is 0 Å². The predicted octanol–water partition coefficient (Wildman–Crippen LogP) is 2.34. The minimum absolute atomic E-state index is 0.320. The van der Waals surface area contributed by atoms with Gasteiger partial charge in [-0.25, -0.2) is 0 Å². The fraction of sp³-hybridized carbons (Fsp3) is 0.733. The Bertz CT molecular complexity index is 392. The molecule has 19 heavy (non-hydrogen) atoms. The highest BCUT2D eigenvalue weighted by Crippen LogP contribution is 2.33. The van der Waals surface area contributed by atoms with Crippen molar-refractivity contribution in [1.29, 1.82) is 0 Å². The highest BCUT2D eigenvalue weighted by atomic mass is 16.3. The van der Waals surface area contributed by atoms with E-state index in [1.54, 1.807) is 0 Å². The molecule has 1 aliphatic heterocycles. The monoisotopic (exact) mass is 261 g/mol. The van der Waals surface area contributed by atoms with Crippen molar-refractivity contribution in [3.63, 3.8) is 0 Å². The van der Waals surface area contributed by atoms with Gasteiger partial charge < -0.3 is 10.0 Å². The van der Waals surface area contributed by atoms with Crippen LogP contribution in [0, 0.1) is 5.92 Å². The summed E-state index contributed by atoms with van der Waals surface area (Å²) in [5, 5.41) is 18.0. The van der Waals surface area contributed by atoms with Crippen molar-refractivity contribution in [2.24, 2.45) is 5.92 Å². The van der Waals surface area contributed by atoms with Crippen LogP contribution in [0.5, 0.6) is 0 Å². The largest absolute Gasteiger partial charge is 0.396 e. The van der Waals surface area contributed by atoms with Crippen molar-refractivity contribution >= 4 is 5.82 Å². The molecular weight excluding hydrogens is 238 g/mol. The van der Waals surface area contributed by atoms with Gasteiger partial charge >= 0.3 is 0 Å². The van der Waals surface area contributed by atoms with E-state index in [-0.39, 0.29) is 0 Å². The third kappa shape index (κ3) is 2.89. The maximum Gasteiger partial charge on any atom is 0.151 e. The van der Waals surface area contributed by atoms with Gasteiger partial charge in [-0.3, -0.25) is 0 Å². The molecule has 0 aromatic carbocycles. The lowest BCUT2D eigenvalue weighted by atomic mass is 9.98. The molecule has 0 spiro atoms. The number of hydrogen-bond donors (Lipinski definition) is 1. The summed E-state index contributed by atoms with van der Waals surface area (Å²) >= 11 is 0. The lowest BCUT2D eigenvalue weighted by Gasteiger charge is -2.31. The number of piperidine rings is 1. The fourth-order valence-electron chi connectivity index (χ4n) is 3.29. The maximum atomic E-state index is 9.16. The zero-order valence-electron chi connectivity index (χ0n) is 11.5. The maximum absolute atomic E-state index is 9.16. The average molecular weight is 261 g/mol. The summed E-state index contributed by atoms with van der Waals surface area (Å²) in [6, 6.07) is 4.29. The van der Waals surface area contributed by atoms with Gasteiger partial charge in [0.2, 0.25) is 0 Å². The Morgan fingerprint density at radius 2 is 1.79 bits per heavy atom. The van der Waals surface area contributed by atoms with E-state index in [2.05, 4.69) is 27.2 Å². The molecule has 0 radical (unpaired) electrons. The number of aliphatic hydroxyl groups is 1. The highest BCUT2D eigenvalue weighted by Gasteiger charge is 2.21. The van der Waals surface area contributed by atoms with E-state index in [1.165, 1.54) is 31.4 Å². The van der Waals surface area contributed by atoms with Gasteiger partial charge in [0.15, 0.2) is 5.82 Å². The molecule has 4 heteroatoms. The molecule has 1 aliphatic carbocycles. The van der Waals surface area contributed by atoms with E-state index < -0.39 is 0 Å². The van der Waals surface area contributed by atoms with Gasteiger partial charge in [0.05, 0.1) is 5.69 Å². The summed E-state index contributed by atoms with van der Waals surface area (Å²) in [5.41, 5.74) is 1.17. The molecule has 0 amide bonds. The van der Waals surface area contributed by atoms with E-state index in [0.717, 1.165) is 31.7 Å². The summed E-state index contributed by atoms with van der Waals surface area (Å²) in [6.45, 7) is 2.30. The molecule has 0 bridgehead atoms. The van der Waals surface area contributed by atoms with Crippen molar-refractivity contribution < 1.29 is 5.11 Å². The van der Waals surface area contributed by atoms with E-state index in [9.17, 15) is 0 Å². The third-order valence-electron chi connectivity index (χ3n) is 4.64. The smallest absolute Gasteiger partial charge is 0.151 e. The van der Waals surface area contributed by atoms with E-state index in [1.807, 2.05) is 0 Å². The molecule has 2 aliphatic rings. The second-order valence-electron chi connectivity index (χ2n) is 5.91. The van der Waals surface area contributed by atoms with Crippen LogP contribution < -0.4 is 4.90 Å². The first-order chi connectivity index (χ1) is 9.36. The Labute approximate surface area is 114 Å². The lowest BCUT2D eigenvalue weighted by Crippen LogP contribution is -2.35. The molecule has 1 aromatic rings. The Morgan fingerprint density at radius 1 is 1.05 bits per heavy atom. The van der Waals surface area contributed by atoms with Gasteiger partial charge in [-0.1, -0.05) is 12.8 Å². The third-order valence-corrected chi connectivity index (χ3v) is 4.64. The zero-order valence-corrected chi connectivity index (χ0v) is 11.5. The van der Waals surface area contributed by atoms with E-state index >= 15 is 0 Å². The molecule has 4 nitrogen and oxygen atoms in total. The average Bonchev–Trinajstić information content (AvgIpc) is 3.02. The molecule has 104 valence electrons. The molecule has 3 rings (SSSR count). The molecule has 2 heterocycles. The fourth-order valence-corrected chi connectivity index (χ4v) is 3.29. The van der Waals surface area contributed by atoms with Gasteiger partial charge in [-0.15, -0.1) is 5.10 Å². The molecular formula is C15H23N3O. The van der Waals surface area contributed by atoms with Crippen molar-refractivity contribution in [1.82, 2.24) is 10.2 Å². The van der Waals surface area contributed by atoms with Crippen molar-refractivity contribution in [3.8, 4) is 0 Å². The Balaban J connectivity index is 1.62. The van der Waals surface area contributed by atoms with Crippen LogP contribution in [-0.4, -0.2) is 35.0 Å². The van der Waals surface area contributed by atoms with Gasteiger partial charge in [-0.05, 0) is 43.7 Å². The second kappa shape index (κ2) is 5.87. The minimum atomic E-state index is 0.320. The van der Waals surface area contributed by atoms with Crippen molar-refractivity contribution in [2.75, 3.05) is 24.6 Å². The summed E-state index contributed by atoms with van der Waals surface area (Å²) < 4.78 is 0. The SMILES string of the molecule is OCC1CCN(c2ccc(C3CCCC3)nn2)CC1. The zero-order chi connectivity index (χ0) is 13.1. The van der Waals surface area contributed by atoms with Crippen molar-refractivity contribution in [3.05, 3.63) is 17.8 Å². The van der Waals surface area contributed by atoms with E-state index in [0.29, 0.717) is 18.4 Å². The number of aliphatic hydroxyl groups excluding tert-OH is 1. The van der Waals surface area contributed by atoms with Gasteiger partial charge in [0.25, 0.3) is 0 Å². The molecule has 0 atom stereocenters. The number of anilines is 1. The van der Waals surface area contributed by atoms with Crippen LogP contribution in [0.25, 0.3) is 0 Å². The Hall–Kier alpha value is -1.16. The lowest BCUT2D eigenvalue weighted by molar-refractivity contribution is 0.202. The van der Waals surface area contributed by atoms with Crippen LogP contribution in [0.4, 0.5) is 5.82 Å². The van der Waals surface area contributed by atoms with Gasteiger partial charge in [-0.2, -0.15) is 5.10 Å². The molecule has 1 N–H and O–H groups in total. The van der Waals surface area contributed by atoms with Crippen LogP contribution >= 0.6 is 0 Å². The molecule has 2 fully saturated rings. The number of rotatable bonds is 3.